The molecule has 0 spiro atoms. The summed E-state index contributed by atoms with van der Waals surface area (Å²) in [7, 11) is 0. The van der Waals surface area contributed by atoms with Crippen LogP contribution in [0.1, 0.15) is 24.6 Å². The van der Waals surface area contributed by atoms with E-state index in [1.165, 1.54) is 17.0 Å². The van der Waals surface area contributed by atoms with Crippen molar-refractivity contribution in [3.63, 3.8) is 0 Å². The molecule has 0 amide bonds. The van der Waals surface area contributed by atoms with E-state index in [-0.39, 0.29) is 18.3 Å². The molecule has 1 unspecified atom stereocenters. The summed E-state index contributed by atoms with van der Waals surface area (Å²) < 4.78 is 52.2. The number of hydrogen-bond acceptors (Lipinski definition) is 5. The normalized spacial score (nSPS) is 17.5. The Labute approximate surface area is 177 Å². The zero-order chi connectivity index (χ0) is 21.8. The lowest BCUT2D eigenvalue weighted by atomic mass is 9.97. The Kier molecular flexibility index (Phi) is 6.13. The molecule has 1 aliphatic heterocycles. The molecule has 1 atom stereocenters. The predicted octanol–water partition coefficient (Wildman–Crippen LogP) is 5.16. The molecule has 9 heteroatoms. The van der Waals surface area contributed by atoms with Gasteiger partial charge in [0.2, 0.25) is 0 Å². The van der Waals surface area contributed by atoms with Gasteiger partial charge >= 0.3 is 6.18 Å². The van der Waals surface area contributed by atoms with Crippen LogP contribution in [0.3, 0.4) is 0 Å². The topological polar surface area (TPSA) is 53.9 Å². The molecule has 1 N–H and O–H groups in total. The Morgan fingerprint density at radius 2 is 1.97 bits per heavy atom. The molecular weight excluding hydrogens is 410 g/mol. The summed E-state index contributed by atoms with van der Waals surface area (Å²) in [6.07, 6.45) is 0.394. The van der Waals surface area contributed by atoms with Crippen LogP contribution < -0.4 is 5.32 Å². The zero-order valence-electron chi connectivity index (χ0n) is 16.6. The molecule has 4 rings (SSSR count). The minimum atomic E-state index is -4.25. The number of aromatic nitrogens is 3. The standard InChI is InChI=1S/C22H21F4N5/c23-17-6-1-7-18(10-17)28-20-11-19(15-4-2-8-27-12-15)29-21(30-20)16-5-3-9-31(13-16)14-22(24,25)26/h1-2,4,6-8,10-12,16H,3,5,9,13-14H2,(H,28,29,30). The quantitative estimate of drug-likeness (QED) is 0.566. The highest BCUT2D eigenvalue weighted by atomic mass is 19.4. The Bertz CT molecular complexity index is 1030. The van der Waals surface area contributed by atoms with Crippen LogP contribution >= 0.6 is 0 Å². The summed E-state index contributed by atoms with van der Waals surface area (Å²) in [6, 6.07) is 11.3. The highest BCUT2D eigenvalue weighted by Crippen LogP contribution is 2.30. The summed E-state index contributed by atoms with van der Waals surface area (Å²) in [5, 5.41) is 3.08. The average molecular weight is 431 g/mol. The van der Waals surface area contributed by atoms with E-state index in [1.807, 2.05) is 6.07 Å². The largest absolute Gasteiger partial charge is 0.401 e. The van der Waals surface area contributed by atoms with Crippen LogP contribution in [0.4, 0.5) is 29.1 Å². The highest BCUT2D eigenvalue weighted by Gasteiger charge is 2.34. The maximum absolute atomic E-state index is 13.6. The minimum absolute atomic E-state index is 0.232. The van der Waals surface area contributed by atoms with Crippen LogP contribution in [0.25, 0.3) is 11.3 Å². The molecule has 1 saturated heterocycles. The Morgan fingerprint density at radius 3 is 2.71 bits per heavy atom. The predicted molar refractivity (Wildman–Crippen MR) is 109 cm³/mol. The molecule has 2 aromatic heterocycles. The number of rotatable bonds is 5. The van der Waals surface area contributed by atoms with E-state index in [4.69, 9.17) is 0 Å². The van der Waals surface area contributed by atoms with Gasteiger partial charge in [-0.05, 0) is 49.7 Å². The van der Waals surface area contributed by atoms with Crippen molar-refractivity contribution in [2.75, 3.05) is 25.0 Å². The lowest BCUT2D eigenvalue weighted by Gasteiger charge is -2.32. The molecule has 31 heavy (non-hydrogen) atoms. The molecule has 0 aliphatic carbocycles. The number of hydrogen-bond donors (Lipinski definition) is 1. The van der Waals surface area contributed by atoms with Crippen LogP contribution in [0, 0.1) is 5.82 Å². The molecule has 3 aromatic rings. The van der Waals surface area contributed by atoms with Gasteiger partial charge in [0, 0.05) is 42.2 Å². The van der Waals surface area contributed by atoms with E-state index in [2.05, 4.69) is 20.3 Å². The van der Waals surface area contributed by atoms with Crippen molar-refractivity contribution < 1.29 is 17.6 Å². The van der Waals surface area contributed by atoms with E-state index in [0.717, 1.165) is 5.56 Å². The number of alkyl halides is 3. The second kappa shape index (κ2) is 8.97. The molecule has 5 nitrogen and oxygen atoms in total. The number of pyridine rings is 1. The molecule has 1 aliphatic rings. The van der Waals surface area contributed by atoms with E-state index < -0.39 is 12.7 Å². The number of likely N-dealkylation sites (tertiary alicyclic amines) is 1. The van der Waals surface area contributed by atoms with E-state index in [0.29, 0.717) is 42.4 Å². The van der Waals surface area contributed by atoms with Crippen molar-refractivity contribution in [3.8, 4) is 11.3 Å². The monoisotopic (exact) mass is 431 g/mol. The number of benzene rings is 1. The van der Waals surface area contributed by atoms with E-state index in [9.17, 15) is 17.6 Å². The lowest BCUT2D eigenvalue weighted by molar-refractivity contribution is -0.148. The van der Waals surface area contributed by atoms with Crippen molar-refractivity contribution in [3.05, 3.63) is 66.5 Å². The average Bonchev–Trinajstić information content (AvgIpc) is 2.73. The van der Waals surface area contributed by atoms with Gasteiger partial charge in [-0.1, -0.05) is 6.07 Å². The molecule has 0 bridgehead atoms. The van der Waals surface area contributed by atoms with Crippen molar-refractivity contribution in [1.82, 2.24) is 19.9 Å². The van der Waals surface area contributed by atoms with Gasteiger partial charge in [0.1, 0.15) is 17.5 Å². The minimum Gasteiger partial charge on any atom is -0.340 e. The van der Waals surface area contributed by atoms with Crippen LogP contribution in [0.15, 0.2) is 54.9 Å². The third-order valence-electron chi connectivity index (χ3n) is 5.07. The van der Waals surface area contributed by atoms with Gasteiger partial charge in [-0.25, -0.2) is 14.4 Å². The lowest BCUT2D eigenvalue weighted by Crippen LogP contribution is -2.41. The fourth-order valence-electron chi connectivity index (χ4n) is 3.75. The Balaban J connectivity index is 1.66. The van der Waals surface area contributed by atoms with Crippen molar-refractivity contribution in [2.24, 2.45) is 0 Å². The van der Waals surface area contributed by atoms with Crippen LogP contribution in [0.5, 0.6) is 0 Å². The molecule has 162 valence electrons. The molecular formula is C22H21F4N5. The second-order valence-corrected chi connectivity index (χ2v) is 7.56. The summed E-state index contributed by atoms with van der Waals surface area (Å²) >= 11 is 0. The number of piperidine rings is 1. The van der Waals surface area contributed by atoms with E-state index in [1.54, 1.807) is 36.7 Å². The summed E-state index contributed by atoms with van der Waals surface area (Å²) in [5.74, 6) is 0.289. The van der Waals surface area contributed by atoms with Crippen molar-refractivity contribution >= 4 is 11.5 Å². The number of nitrogens with zero attached hydrogens (tertiary/aromatic N) is 4. The number of anilines is 2. The fraction of sp³-hybridized carbons (Fsp3) is 0.318. The molecule has 3 heterocycles. The smallest absolute Gasteiger partial charge is 0.340 e. The molecule has 0 saturated carbocycles. The van der Waals surface area contributed by atoms with Gasteiger partial charge < -0.3 is 5.32 Å². The Hall–Kier alpha value is -3.07. The first kappa shape index (κ1) is 21.2. The third kappa shape index (κ3) is 5.75. The first-order chi connectivity index (χ1) is 14.9. The summed E-state index contributed by atoms with van der Waals surface area (Å²) in [4.78, 5) is 14.7. The van der Waals surface area contributed by atoms with Gasteiger partial charge in [0.15, 0.2) is 0 Å². The van der Waals surface area contributed by atoms with Crippen LogP contribution in [-0.2, 0) is 0 Å². The molecule has 0 radical (unpaired) electrons. The zero-order valence-corrected chi connectivity index (χ0v) is 16.6. The second-order valence-electron chi connectivity index (χ2n) is 7.56. The fourth-order valence-corrected chi connectivity index (χ4v) is 3.75. The van der Waals surface area contributed by atoms with Gasteiger partial charge in [0.05, 0.1) is 12.2 Å². The van der Waals surface area contributed by atoms with Crippen LogP contribution in [0.2, 0.25) is 0 Å². The van der Waals surface area contributed by atoms with Crippen molar-refractivity contribution in [2.45, 2.75) is 24.9 Å². The Morgan fingerprint density at radius 1 is 1.10 bits per heavy atom. The molecule has 1 fully saturated rings. The van der Waals surface area contributed by atoms with Gasteiger partial charge in [-0.3, -0.25) is 9.88 Å². The highest BCUT2D eigenvalue weighted by molar-refractivity contribution is 5.65. The number of halogens is 4. The van der Waals surface area contributed by atoms with Crippen molar-refractivity contribution in [1.29, 1.82) is 0 Å². The summed E-state index contributed by atoms with van der Waals surface area (Å²) in [5.41, 5.74) is 1.88. The maximum Gasteiger partial charge on any atom is 0.401 e. The number of nitrogens with one attached hydrogen (secondary N) is 1. The van der Waals surface area contributed by atoms with Gasteiger partial charge in [-0.2, -0.15) is 13.2 Å². The van der Waals surface area contributed by atoms with Gasteiger partial charge in [-0.15, -0.1) is 0 Å². The maximum atomic E-state index is 13.6. The third-order valence-corrected chi connectivity index (χ3v) is 5.07. The van der Waals surface area contributed by atoms with Crippen LogP contribution in [-0.4, -0.2) is 45.7 Å². The summed E-state index contributed by atoms with van der Waals surface area (Å²) in [6.45, 7) is -0.317. The first-order valence-corrected chi connectivity index (χ1v) is 9.97. The SMILES string of the molecule is Fc1cccc(Nc2cc(-c3cccnc3)nc(C3CCCN(CC(F)(F)F)C3)n2)c1. The van der Waals surface area contributed by atoms with Gasteiger partial charge in [0.25, 0.3) is 0 Å². The van der Waals surface area contributed by atoms with E-state index >= 15 is 0 Å². The first-order valence-electron chi connectivity index (χ1n) is 9.97. The molecule has 1 aromatic carbocycles.